The highest BCUT2D eigenvalue weighted by Gasteiger charge is 2.28. The van der Waals surface area contributed by atoms with Gasteiger partial charge in [-0.1, -0.05) is 19.6 Å². The topological polar surface area (TPSA) is 43.4 Å². The summed E-state index contributed by atoms with van der Waals surface area (Å²) in [6, 6.07) is 0.385. The molecule has 0 fully saturated rings. The molecule has 0 spiro atoms. The third-order valence-electron chi connectivity index (χ3n) is 1.32. The highest BCUT2D eigenvalue weighted by molar-refractivity contribution is 6.81. The molecule has 0 aromatic rings. The average molecular weight is 232 g/mol. The Balaban J connectivity index is 4.22. The lowest BCUT2D eigenvalue weighted by atomic mass is 10.5. The van der Waals surface area contributed by atoms with E-state index < -0.39 is 22.4 Å². The fourth-order valence-corrected chi connectivity index (χ4v) is 2.67. The van der Waals surface area contributed by atoms with Crippen LogP contribution < -0.4 is 0 Å². The molecule has 0 rings (SSSR count). The number of carbonyl (C=O) groups excluding carboxylic acids is 2. The molecule has 0 N–H and O–H groups in total. The molecule has 3 nitrogen and oxygen atoms in total. The normalized spacial score (nSPS) is 12.4. The minimum Gasteiger partial charge on any atom is -0.514 e. The van der Waals surface area contributed by atoms with Gasteiger partial charge in [0, 0.05) is 6.04 Å². The molecule has 0 aromatic carbocycles. The van der Waals surface area contributed by atoms with E-state index in [1.165, 1.54) is 0 Å². The lowest BCUT2D eigenvalue weighted by molar-refractivity contribution is -0.146. The molecule has 14 heavy (non-hydrogen) atoms. The molecule has 0 bridgehead atoms. The highest BCUT2D eigenvalue weighted by atomic mass is 28.4. The smallest absolute Gasteiger partial charge is 0.360 e. The Morgan fingerprint density at radius 1 is 1.00 bits per heavy atom. The van der Waals surface area contributed by atoms with E-state index in [4.69, 9.17) is 4.43 Å². The van der Waals surface area contributed by atoms with E-state index in [0.29, 0.717) is 6.04 Å². The first-order valence-corrected chi connectivity index (χ1v) is 11.9. The van der Waals surface area contributed by atoms with Crippen LogP contribution in [0, 0.1) is 0 Å². The lowest BCUT2D eigenvalue weighted by Crippen LogP contribution is -2.36. The lowest BCUT2D eigenvalue weighted by Gasteiger charge is -2.18. The number of carbonyl (C=O) groups is 2. The first-order chi connectivity index (χ1) is 6.01. The Morgan fingerprint density at radius 2 is 1.43 bits per heavy atom. The van der Waals surface area contributed by atoms with Crippen LogP contribution in [0.15, 0.2) is 0 Å². The van der Waals surface area contributed by atoms with Crippen molar-refractivity contribution < 1.29 is 14.0 Å². The summed E-state index contributed by atoms with van der Waals surface area (Å²) in [5.41, 5.74) is 0. The molecule has 0 aliphatic carbocycles. The molecule has 82 valence electrons. The van der Waals surface area contributed by atoms with Crippen molar-refractivity contribution in [3.05, 3.63) is 0 Å². The molecular weight excluding hydrogens is 212 g/mol. The summed E-state index contributed by atoms with van der Waals surface area (Å²) in [6.45, 7) is 11.9. The van der Waals surface area contributed by atoms with Gasteiger partial charge >= 0.3 is 5.97 Å². The van der Waals surface area contributed by atoms with Crippen molar-refractivity contribution in [3.63, 3.8) is 0 Å². The molecule has 0 saturated heterocycles. The van der Waals surface area contributed by atoms with Crippen molar-refractivity contribution in [2.75, 3.05) is 0 Å². The van der Waals surface area contributed by atoms with Crippen LogP contribution in [0.3, 0.4) is 0 Å². The number of ketones is 1. The Labute approximate surface area is 88.0 Å². The van der Waals surface area contributed by atoms with Crippen molar-refractivity contribution >= 4 is 28.1 Å². The monoisotopic (exact) mass is 232 g/mol. The van der Waals surface area contributed by atoms with E-state index in [1.807, 2.05) is 19.6 Å². The zero-order valence-corrected chi connectivity index (χ0v) is 11.9. The van der Waals surface area contributed by atoms with Crippen LogP contribution in [-0.2, 0) is 14.0 Å². The number of rotatable bonds is 4. The van der Waals surface area contributed by atoms with Gasteiger partial charge in [0.2, 0.25) is 14.1 Å². The van der Waals surface area contributed by atoms with E-state index in [9.17, 15) is 9.59 Å². The standard InChI is InChI=1S/C9H20O3Si2/c1-13(2,3)7-8(10)9(11)12-14(4,5)6/h7H2,1-6H3. The predicted molar refractivity (Wildman–Crippen MR) is 62.6 cm³/mol. The van der Waals surface area contributed by atoms with Crippen molar-refractivity contribution in [1.29, 1.82) is 0 Å². The van der Waals surface area contributed by atoms with E-state index >= 15 is 0 Å². The van der Waals surface area contributed by atoms with Gasteiger partial charge < -0.3 is 4.43 Å². The van der Waals surface area contributed by atoms with Crippen LogP contribution in [0.2, 0.25) is 45.3 Å². The van der Waals surface area contributed by atoms with Crippen molar-refractivity contribution in [2.45, 2.75) is 45.3 Å². The van der Waals surface area contributed by atoms with Crippen molar-refractivity contribution in [3.8, 4) is 0 Å². The van der Waals surface area contributed by atoms with Gasteiger partial charge in [-0.2, -0.15) is 0 Å². The van der Waals surface area contributed by atoms with Crippen LogP contribution >= 0.6 is 0 Å². The molecule has 0 aromatic heterocycles. The first-order valence-electron chi connectivity index (χ1n) is 4.77. The van der Waals surface area contributed by atoms with Crippen molar-refractivity contribution in [2.24, 2.45) is 0 Å². The second kappa shape index (κ2) is 4.40. The molecule has 0 atom stereocenters. The summed E-state index contributed by atoms with van der Waals surface area (Å²) >= 11 is 0. The van der Waals surface area contributed by atoms with Crippen LogP contribution in [0.5, 0.6) is 0 Å². The van der Waals surface area contributed by atoms with Crippen molar-refractivity contribution in [1.82, 2.24) is 0 Å². The molecule has 0 heterocycles. The Bertz CT molecular complexity index is 209. The summed E-state index contributed by atoms with van der Waals surface area (Å²) in [5, 5.41) is 0. The van der Waals surface area contributed by atoms with Crippen LogP contribution in [0.1, 0.15) is 0 Å². The minimum absolute atomic E-state index is 0.355. The van der Waals surface area contributed by atoms with E-state index in [-0.39, 0.29) is 5.78 Å². The van der Waals surface area contributed by atoms with Gasteiger partial charge in [-0.15, -0.1) is 0 Å². The summed E-state index contributed by atoms with van der Waals surface area (Å²) < 4.78 is 5.12. The molecule has 0 aliphatic heterocycles. The average Bonchev–Trinajstić information content (AvgIpc) is 1.78. The minimum atomic E-state index is -1.91. The quantitative estimate of drug-likeness (QED) is 0.552. The fourth-order valence-electron chi connectivity index (χ4n) is 0.889. The third-order valence-corrected chi connectivity index (χ3v) is 3.50. The zero-order chi connectivity index (χ0) is 11.6. The molecule has 0 radical (unpaired) electrons. The first kappa shape index (κ1) is 13.6. The largest absolute Gasteiger partial charge is 0.514 e. The number of hydrogen-bond donors (Lipinski definition) is 0. The van der Waals surface area contributed by atoms with Gasteiger partial charge in [0.15, 0.2) is 0 Å². The van der Waals surface area contributed by atoms with E-state index in [2.05, 4.69) is 19.6 Å². The van der Waals surface area contributed by atoms with Gasteiger partial charge in [-0.25, -0.2) is 4.79 Å². The summed E-state index contributed by atoms with van der Waals surface area (Å²) in [7, 11) is -3.41. The third kappa shape index (κ3) is 7.02. The number of hydrogen-bond acceptors (Lipinski definition) is 3. The Morgan fingerprint density at radius 3 is 1.71 bits per heavy atom. The summed E-state index contributed by atoms with van der Waals surface area (Å²) in [6.07, 6.45) is 0. The van der Waals surface area contributed by atoms with Gasteiger partial charge in [0.05, 0.1) is 8.07 Å². The molecule has 0 aliphatic rings. The van der Waals surface area contributed by atoms with Crippen LogP contribution in [0.4, 0.5) is 0 Å². The predicted octanol–water partition coefficient (Wildman–Crippen LogP) is 2.27. The maximum atomic E-state index is 11.4. The second-order valence-electron chi connectivity index (χ2n) is 5.66. The molecule has 5 heteroatoms. The Hall–Kier alpha value is -0.426. The highest BCUT2D eigenvalue weighted by Crippen LogP contribution is 2.11. The maximum absolute atomic E-state index is 11.4. The second-order valence-corrected chi connectivity index (χ2v) is 15.6. The Kier molecular flexibility index (Phi) is 4.26. The summed E-state index contributed by atoms with van der Waals surface area (Å²) in [5.74, 6) is -0.988. The molecular formula is C9H20O3Si2. The van der Waals surface area contributed by atoms with Gasteiger partial charge in [-0.05, 0) is 19.6 Å². The SMILES string of the molecule is C[Si](C)(C)CC(=O)C(=O)O[Si](C)(C)C. The maximum Gasteiger partial charge on any atom is 0.360 e. The van der Waals surface area contributed by atoms with Gasteiger partial charge in [0.25, 0.3) is 0 Å². The van der Waals surface area contributed by atoms with Crippen LogP contribution in [-0.4, -0.2) is 28.1 Å². The zero-order valence-electron chi connectivity index (χ0n) is 9.93. The van der Waals surface area contributed by atoms with E-state index in [0.717, 1.165) is 0 Å². The fraction of sp³-hybridized carbons (Fsp3) is 0.778. The number of Topliss-reactive ketones (excluding diaryl/α,β-unsaturated/α-hetero) is 1. The van der Waals surface area contributed by atoms with Crippen LogP contribution in [0.25, 0.3) is 0 Å². The van der Waals surface area contributed by atoms with Gasteiger partial charge in [0.1, 0.15) is 0 Å². The van der Waals surface area contributed by atoms with Gasteiger partial charge in [-0.3, -0.25) is 4.79 Å². The molecule has 0 saturated carbocycles. The summed E-state index contributed by atoms with van der Waals surface area (Å²) in [4.78, 5) is 22.7. The molecule has 0 amide bonds. The van der Waals surface area contributed by atoms with E-state index in [1.54, 1.807) is 0 Å². The molecule has 0 unspecified atom stereocenters.